The van der Waals surface area contributed by atoms with Crippen molar-refractivity contribution >= 4 is 17.4 Å². The van der Waals surface area contributed by atoms with E-state index in [2.05, 4.69) is 16.9 Å². The minimum Gasteiger partial charge on any atom is -0.494 e. The number of isocyanates is 1. The van der Waals surface area contributed by atoms with Gasteiger partial charge < -0.3 is 4.74 Å². The van der Waals surface area contributed by atoms with Gasteiger partial charge in [0.1, 0.15) is 10.8 Å². The maximum Gasteiger partial charge on any atom is 0.235 e. The zero-order valence-electron chi connectivity index (χ0n) is 10.6. The lowest BCUT2D eigenvalue weighted by atomic mass is 10.2. The number of thiazole rings is 1. The Balaban J connectivity index is 2.16. The van der Waals surface area contributed by atoms with Crippen LogP contribution in [0.5, 0.6) is 5.75 Å². The molecule has 0 spiro atoms. The van der Waals surface area contributed by atoms with Gasteiger partial charge in [-0.1, -0.05) is 19.1 Å². The number of aromatic nitrogens is 1. The first-order chi connectivity index (χ1) is 9.33. The molecule has 0 atom stereocenters. The van der Waals surface area contributed by atoms with E-state index < -0.39 is 0 Å². The molecule has 98 valence electrons. The van der Waals surface area contributed by atoms with Gasteiger partial charge in [0.2, 0.25) is 6.08 Å². The molecule has 0 unspecified atom stereocenters. The number of aliphatic imine (C=N–C) groups is 1. The molecule has 19 heavy (non-hydrogen) atoms. The molecule has 0 amide bonds. The Morgan fingerprint density at radius 3 is 3.16 bits per heavy atom. The van der Waals surface area contributed by atoms with Crippen molar-refractivity contribution in [2.75, 3.05) is 6.61 Å². The summed E-state index contributed by atoms with van der Waals surface area (Å²) in [7, 11) is 0. The van der Waals surface area contributed by atoms with Crippen LogP contribution in [0.15, 0.2) is 34.6 Å². The van der Waals surface area contributed by atoms with Crippen LogP contribution in [0, 0.1) is 0 Å². The highest BCUT2D eigenvalue weighted by atomic mass is 32.1. The fraction of sp³-hybridized carbons (Fsp3) is 0.286. The van der Waals surface area contributed by atoms with Crippen molar-refractivity contribution < 1.29 is 9.53 Å². The molecule has 0 aliphatic carbocycles. The molecule has 1 aromatic heterocycles. The van der Waals surface area contributed by atoms with Crippen molar-refractivity contribution in [2.45, 2.75) is 19.9 Å². The van der Waals surface area contributed by atoms with Crippen LogP contribution in [-0.4, -0.2) is 17.7 Å². The van der Waals surface area contributed by atoms with Crippen LogP contribution < -0.4 is 4.74 Å². The Morgan fingerprint density at radius 2 is 2.37 bits per heavy atom. The second-order valence-electron chi connectivity index (χ2n) is 3.93. The first-order valence-electron chi connectivity index (χ1n) is 6.04. The average molecular weight is 274 g/mol. The van der Waals surface area contributed by atoms with Gasteiger partial charge in [-0.3, -0.25) is 0 Å². The first-order valence-corrected chi connectivity index (χ1v) is 6.92. The Bertz CT molecular complexity index is 589. The minimum atomic E-state index is 0.284. The number of benzene rings is 1. The third-order valence-electron chi connectivity index (χ3n) is 2.41. The quantitative estimate of drug-likeness (QED) is 0.599. The number of hydrogen-bond acceptors (Lipinski definition) is 5. The van der Waals surface area contributed by atoms with Crippen LogP contribution in [0.4, 0.5) is 0 Å². The highest BCUT2D eigenvalue weighted by Crippen LogP contribution is 2.27. The van der Waals surface area contributed by atoms with Crippen LogP contribution in [0.3, 0.4) is 0 Å². The highest BCUT2D eigenvalue weighted by Gasteiger charge is 2.05. The average Bonchev–Trinajstić information content (AvgIpc) is 2.92. The molecule has 4 nitrogen and oxygen atoms in total. The number of ether oxygens (including phenoxy) is 1. The summed E-state index contributed by atoms with van der Waals surface area (Å²) in [5.41, 5.74) is 1.79. The number of carbonyl (C=O) groups excluding carboxylic acids is 1. The zero-order valence-corrected chi connectivity index (χ0v) is 11.4. The van der Waals surface area contributed by atoms with Crippen LogP contribution >= 0.6 is 11.3 Å². The Kier molecular flexibility index (Phi) is 4.84. The van der Waals surface area contributed by atoms with E-state index in [4.69, 9.17) is 4.74 Å². The third kappa shape index (κ3) is 3.74. The van der Waals surface area contributed by atoms with E-state index in [0.29, 0.717) is 6.61 Å². The maximum atomic E-state index is 10.1. The molecule has 1 aromatic carbocycles. The van der Waals surface area contributed by atoms with E-state index in [1.807, 2.05) is 29.6 Å². The predicted octanol–water partition coefficient (Wildman–Crippen LogP) is 3.43. The SMILES string of the molecule is CCCOc1cccc(-c2nc(CN=C=O)cs2)c1. The van der Waals surface area contributed by atoms with Gasteiger partial charge in [0.25, 0.3) is 0 Å². The van der Waals surface area contributed by atoms with Gasteiger partial charge in [0.15, 0.2) is 0 Å². The smallest absolute Gasteiger partial charge is 0.235 e. The molecule has 2 aromatic rings. The Labute approximate surface area is 115 Å². The monoisotopic (exact) mass is 274 g/mol. The van der Waals surface area contributed by atoms with Crippen molar-refractivity contribution in [1.82, 2.24) is 4.98 Å². The van der Waals surface area contributed by atoms with E-state index in [-0.39, 0.29) is 6.54 Å². The summed E-state index contributed by atoms with van der Waals surface area (Å²) in [4.78, 5) is 18.0. The molecule has 0 saturated carbocycles. The zero-order chi connectivity index (χ0) is 13.5. The molecule has 0 bridgehead atoms. The second kappa shape index (κ2) is 6.83. The summed E-state index contributed by atoms with van der Waals surface area (Å²) in [5, 5.41) is 2.80. The number of rotatable bonds is 6. The lowest BCUT2D eigenvalue weighted by Crippen LogP contribution is -1.94. The molecule has 0 aliphatic rings. The van der Waals surface area contributed by atoms with Gasteiger partial charge in [-0.05, 0) is 18.6 Å². The molecule has 0 aliphatic heterocycles. The van der Waals surface area contributed by atoms with Crippen LogP contribution in [-0.2, 0) is 11.3 Å². The van der Waals surface area contributed by atoms with Gasteiger partial charge in [0.05, 0.1) is 18.8 Å². The lowest BCUT2D eigenvalue weighted by Gasteiger charge is -2.05. The topological polar surface area (TPSA) is 51.6 Å². The molecular formula is C14H14N2O2S. The van der Waals surface area contributed by atoms with E-state index in [1.165, 1.54) is 17.4 Å². The first kappa shape index (κ1) is 13.5. The Morgan fingerprint density at radius 1 is 1.47 bits per heavy atom. The maximum absolute atomic E-state index is 10.1. The number of hydrogen-bond donors (Lipinski definition) is 0. The van der Waals surface area contributed by atoms with Crippen LogP contribution in [0.1, 0.15) is 19.0 Å². The predicted molar refractivity (Wildman–Crippen MR) is 75.2 cm³/mol. The lowest BCUT2D eigenvalue weighted by molar-refractivity contribution is 0.317. The van der Waals surface area contributed by atoms with Crippen LogP contribution in [0.25, 0.3) is 10.6 Å². The van der Waals surface area contributed by atoms with E-state index in [9.17, 15) is 4.79 Å². The standard InChI is InChI=1S/C14H14N2O2S/c1-2-6-18-13-5-3-4-11(7-13)14-16-12(9-19-14)8-15-10-17/h3-5,7,9H,2,6,8H2,1H3. The summed E-state index contributed by atoms with van der Waals surface area (Å²) in [6.45, 7) is 3.07. The van der Waals surface area contributed by atoms with Gasteiger partial charge in [0, 0.05) is 10.9 Å². The van der Waals surface area contributed by atoms with Gasteiger partial charge >= 0.3 is 0 Å². The molecule has 1 heterocycles. The third-order valence-corrected chi connectivity index (χ3v) is 3.35. The summed E-state index contributed by atoms with van der Waals surface area (Å²) >= 11 is 1.53. The van der Waals surface area contributed by atoms with E-state index in [1.54, 1.807) is 0 Å². The van der Waals surface area contributed by atoms with Crippen molar-refractivity contribution in [3.05, 3.63) is 35.3 Å². The van der Waals surface area contributed by atoms with Crippen molar-refractivity contribution in [1.29, 1.82) is 0 Å². The summed E-state index contributed by atoms with van der Waals surface area (Å²) in [6.07, 6.45) is 2.50. The fourth-order valence-electron chi connectivity index (χ4n) is 1.56. The van der Waals surface area contributed by atoms with Crippen molar-refractivity contribution in [2.24, 2.45) is 4.99 Å². The molecule has 0 fully saturated rings. The van der Waals surface area contributed by atoms with E-state index >= 15 is 0 Å². The van der Waals surface area contributed by atoms with Crippen molar-refractivity contribution in [3.63, 3.8) is 0 Å². The summed E-state index contributed by atoms with van der Waals surface area (Å²) < 4.78 is 5.60. The van der Waals surface area contributed by atoms with Gasteiger partial charge in [-0.25, -0.2) is 9.78 Å². The van der Waals surface area contributed by atoms with Gasteiger partial charge in [-0.2, -0.15) is 4.99 Å². The van der Waals surface area contributed by atoms with E-state index in [0.717, 1.165) is 28.4 Å². The summed E-state index contributed by atoms with van der Waals surface area (Å²) in [6, 6.07) is 7.85. The van der Waals surface area contributed by atoms with Crippen LogP contribution in [0.2, 0.25) is 0 Å². The second-order valence-corrected chi connectivity index (χ2v) is 4.79. The largest absolute Gasteiger partial charge is 0.494 e. The fourth-order valence-corrected chi connectivity index (χ4v) is 2.37. The molecule has 0 radical (unpaired) electrons. The molecule has 0 N–H and O–H groups in total. The minimum absolute atomic E-state index is 0.284. The molecule has 0 saturated heterocycles. The Hall–Kier alpha value is -1.97. The van der Waals surface area contributed by atoms with Gasteiger partial charge in [-0.15, -0.1) is 11.3 Å². The number of nitrogens with zero attached hydrogens (tertiary/aromatic N) is 2. The molecule has 5 heteroatoms. The normalized spacial score (nSPS) is 9.95. The molecular weight excluding hydrogens is 260 g/mol. The van der Waals surface area contributed by atoms with Crippen molar-refractivity contribution in [3.8, 4) is 16.3 Å². The summed E-state index contributed by atoms with van der Waals surface area (Å²) in [5.74, 6) is 0.849. The highest BCUT2D eigenvalue weighted by molar-refractivity contribution is 7.13. The molecule has 2 rings (SSSR count).